The third kappa shape index (κ3) is 5.86. The van der Waals surface area contributed by atoms with Crippen LogP contribution < -0.4 is 14.5 Å². The van der Waals surface area contributed by atoms with Crippen molar-refractivity contribution in [1.29, 1.82) is 0 Å². The van der Waals surface area contributed by atoms with Crippen LogP contribution in [0.4, 0.5) is 5.69 Å². The summed E-state index contributed by atoms with van der Waals surface area (Å²) in [7, 11) is -2.65. The molecule has 0 unspecified atom stereocenters. The van der Waals surface area contributed by atoms with Crippen LogP contribution in [0.5, 0.6) is 11.5 Å². The SMILES string of the molecule is COc1cc(/C=N\NC(=O)CN(c2ccc(C)c(C)c2)S(=O)(=O)c2ccc(Cl)cc2)ccc1O. The fraction of sp³-hybridized carbons (Fsp3) is 0.167. The van der Waals surface area contributed by atoms with E-state index in [0.717, 1.165) is 15.4 Å². The molecular weight excluding hydrogens is 478 g/mol. The Morgan fingerprint density at radius 1 is 1.09 bits per heavy atom. The molecule has 178 valence electrons. The summed E-state index contributed by atoms with van der Waals surface area (Å²) in [6.45, 7) is 3.28. The molecule has 0 aromatic heterocycles. The molecule has 34 heavy (non-hydrogen) atoms. The molecule has 3 aromatic carbocycles. The lowest BCUT2D eigenvalue weighted by Crippen LogP contribution is -2.39. The maximum atomic E-state index is 13.4. The number of ether oxygens (including phenoxy) is 1. The minimum Gasteiger partial charge on any atom is -0.504 e. The Morgan fingerprint density at radius 2 is 1.79 bits per heavy atom. The van der Waals surface area contributed by atoms with E-state index in [9.17, 15) is 18.3 Å². The highest BCUT2D eigenvalue weighted by atomic mass is 35.5. The molecule has 3 rings (SSSR count). The van der Waals surface area contributed by atoms with Crippen molar-refractivity contribution < 1.29 is 23.1 Å². The van der Waals surface area contributed by atoms with Gasteiger partial charge in [0, 0.05) is 5.02 Å². The van der Waals surface area contributed by atoms with Crippen LogP contribution >= 0.6 is 11.6 Å². The summed E-state index contributed by atoms with van der Waals surface area (Å²) in [6, 6.07) is 15.4. The van der Waals surface area contributed by atoms with Crippen molar-refractivity contribution in [3.05, 3.63) is 82.4 Å². The van der Waals surface area contributed by atoms with Gasteiger partial charge in [0.2, 0.25) is 0 Å². The van der Waals surface area contributed by atoms with Gasteiger partial charge in [0.25, 0.3) is 15.9 Å². The average Bonchev–Trinajstić information content (AvgIpc) is 2.80. The number of sulfonamides is 1. The number of hydrazone groups is 1. The predicted octanol–water partition coefficient (Wildman–Crippen LogP) is 4.02. The molecule has 1 amide bonds. The molecule has 0 saturated heterocycles. The first-order valence-corrected chi connectivity index (χ1v) is 12.0. The first kappa shape index (κ1) is 25.1. The van der Waals surface area contributed by atoms with E-state index in [1.54, 1.807) is 24.3 Å². The molecule has 2 N–H and O–H groups in total. The number of phenols is 1. The molecule has 0 atom stereocenters. The third-order valence-corrected chi connectivity index (χ3v) is 7.11. The molecule has 0 aliphatic carbocycles. The molecule has 0 spiro atoms. The normalized spacial score (nSPS) is 11.4. The van der Waals surface area contributed by atoms with Crippen molar-refractivity contribution >= 4 is 39.4 Å². The van der Waals surface area contributed by atoms with Gasteiger partial charge < -0.3 is 9.84 Å². The number of aromatic hydroxyl groups is 1. The topological polar surface area (TPSA) is 108 Å². The summed E-state index contributed by atoms with van der Waals surface area (Å²) < 4.78 is 32.9. The smallest absolute Gasteiger partial charge is 0.264 e. The summed E-state index contributed by atoms with van der Waals surface area (Å²) in [5.41, 5.74) is 5.13. The summed E-state index contributed by atoms with van der Waals surface area (Å²) in [4.78, 5) is 12.7. The Morgan fingerprint density at radius 3 is 2.44 bits per heavy atom. The van der Waals surface area contributed by atoms with Gasteiger partial charge in [0.15, 0.2) is 11.5 Å². The molecule has 0 aliphatic rings. The zero-order valence-electron chi connectivity index (χ0n) is 18.8. The summed E-state index contributed by atoms with van der Waals surface area (Å²) >= 11 is 5.91. The number of anilines is 1. The Hall–Kier alpha value is -3.56. The zero-order chi connectivity index (χ0) is 24.9. The number of aryl methyl sites for hydroxylation is 2. The number of hydrogen-bond acceptors (Lipinski definition) is 6. The molecule has 0 bridgehead atoms. The Labute approximate surface area is 203 Å². The monoisotopic (exact) mass is 501 g/mol. The highest BCUT2D eigenvalue weighted by Crippen LogP contribution is 2.27. The number of nitrogens with one attached hydrogen (secondary N) is 1. The van der Waals surface area contributed by atoms with Crippen molar-refractivity contribution in [2.45, 2.75) is 18.7 Å². The molecule has 0 radical (unpaired) electrons. The average molecular weight is 502 g/mol. The second-order valence-corrected chi connectivity index (χ2v) is 9.76. The second-order valence-electron chi connectivity index (χ2n) is 7.46. The van der Waals surface area contributed by atoms with Gasteiger partial charge in [-0.25, -0.2) is 13.8 Å². The maximum absolute atomic E-state index is 13.4. The molecular formula is C24H24ClN3O5S. The molecule has 3 aromatic rings. The van der Waals surface area contributed by atoms with Crippen molar-refractivity contribution in [3.8, 4) is 11.5 Å². The number of methoxy groups -OCH3 is 1. The van der Waals surface area contributed by atoms with E-state index in [-0.39, 0.29) is 16.4 Å². The number of carbonyl (C=O) groups excluding carboxylic acids is 1. The number of benzene rings is 3. The third-order valence-electron chi connectivity index (χ3n) is 5.07. The number of halogens is 1. The van der Waals surface area contributed by atoms with E-state index < -0.39 is 22.5 Å². The number of nitrogens with zero attached hydrogens (tertiary/aromatic N) is 2. The Bertz CT molecular complexity index is 1320. The van der Waals surface area contributed by atoms with Gasteiger partial charge in [-0.1, -0.05) is 17.7 Å². The lowest BCUT2D eigenvalue weighted by molar-refractivity contribution is -0.119. The number of phenolic OH excluding ortho intramolecular Hbond substituents is 1. The van der Waals surface area contributed by atoms with Gasteiger partial charge in [-0.15, -0.1) is 0 Å². The van der Waals surface area contributed by atoms with Crippen molar-refractivity contribution in [2.75, 3.05) is 18.0 Å². The van der Waals surface area contributed by atoms with E-state index >= 15 is 0 Å². The standard InChI is InChI=1S/C24H24ClN3O5S/c1-16-4-8-20(12-17(16)2)28(34(31,32)21-9-6-19(25)7-10-21)15-24(30)27-26-14-18-5-11-22(29)23(13-18)33-3/h4-14,29H,15H2,1-3H3,(H,27,30)/b26-14-. The van der Waals surface area contributed by atoms with E-state index in [1.807, 2.05) is 13.8 Å². The highest BCUT2D eigenvalue weighted by Gasteiger charge is 2.27. The van der Waals surface area contributed by atoms with Gasteiger partial charge in [-0.2, -0.15) is 5.10 Å². The summed E-state index contributed by atoms with van der Waals surface area (Å²) in [6.07, 6.45) is 1.36. The van der Waals surface area contributed by atoms with Crippen LogP contribution in [0.2, 0.25) is 5.02 Å². The summed E-state index contributed by atoms with van der Waals surface area (Å²) in [5.74, 6) is -0.414. The largest absolute Gasteiger partial charge is 0.504 e. The molecule has 0 aliphatic heterocycles. The lowest BCUT2D eigenvalue weighted by atomic mass is 10.1. The quantitative estimate of drug-likeness (QED) is 0.358. The predicted molar refractivity (Wildman–Crippen MR) is 132 cm³/mol. The Balaban J connectivity index is 1.85. The fourth-order valence-electron chi connectivity index (χ4n) is 3.05. The molecule has 10 heteroatoms. The van der Waals surface area contributed by atoms with Gasteiger partial charge in [0.1, 0.15) is 6.54 Å². The van der Waals surface area contributed by atoms with Crippen LogP contribution in [0.15, 0.2) is 70.7 Å². The zero-order valence-corrected chi connectivity index (χ0v) is 20.4. The van der Waals surface area contributed by atoms with Crippen LogP contribution in [0, 0.1) is 13.8 Å². The number of amides is 1. The van der Waals surface area contributed by atoms with Crippen LogP contribution in [0.25, 0.3) is 0 Å². The van der Waals surface area contributed by atoms with Gasteiger partial charge in [0.05, 0.1) is 23.9 Å². The number of rotatable bonds is 8. The number of hydrogen-bond donors (Lipinski definition) is 2. The van der Waals surface area contributed by atoms with E-state index in [1.165, 1.54) is 49.7 Å². The van der Waals surface area contributed by atoms with E-state index in [0.29, 0.717) is 16.3 Å². The van der Waals surface area contributed by atoms with Gasteiger partial charge >= 0.3 is 0 Å². The molecule has 0 fully saturated rings. The number of carbonyl (C=O) groups is 1. The van der Waals surface area contributed by atoms with Gasteiger partial charge in [-0.3, -0.25) is 9.10 Å². The first-order valence-electron chi connectivity index (χ1n) is 10.2. The minimum atomic E-state index is -4.07. The lowest BCUT2D eigenvalue weighted by Gasteiger charge is -2.24. The fourth-order valence-corrected chi connectivity index (χ4v) is 4.59. The van der Waals surface area contributed by atoms with E-state index in [4.69, 9.17) is 16.3 Å². The first-order chi connectivity index (χ1) is 16.1. The highest BCUT2D eigenvalue weighted by molar-refractivity contribution is 7.92. The van der Waals surface area contributed by atoms with Crippen molar-refractivity contribution in [3.63, 3.8) is 0 Å². The Kier molecular flexibility index (Phi) is 7.80. The second kappa shape index (κ2) is 10.6. The van der Waals surface area contributed by atoms with Crippen LogP contribution in [0.1, 0.15) is 16.7 Å². The maximum Gasteiger partial charge on any atom is 0.264 e. The molecule has 0 saturated carbocycles. The van der Waals surface area contributed by atoms with Crippen molar-refractivity contribution in [1.82, 2.24) is 5.43 Å². The summed E-state index contributed by atoms with van der Waals surface area (Å²) in [5, 5.41) is 14.0. The molecule has 8 nitrogen and oxygen atoms in total. The molecule has 0 heterocycles. The van der Waals surface area contributed by atoms with Gasteiger partial charge in [-0.05, 0) is 85.1 Å². The van der Waals surface area contributed by atoms with Crippen LogP contribution in [-0.2, 0) is 14.8 Å². The van der Waals surface area contributed by atoms with E-state index in [2.05, 4.69) is 10.5 Å². The van der Waals surface area contributed by atoms with Crippen molar-refractivity contribution in [2.24, 2.45) is 5.10 Å². The van der Waals surface area contributed by atoms with Crippen LogP contribution in [-0.4, -0.2) is 39.3 Å². The van der Waals surface area contributed by atoms with Crippen LogP contribution in [0.3, 0.4) is 0 Å². The minimum absolute atomic E-state index is 0.00242.